The zero-order valence-corrected chi connectivity index (χ0v) is 16.0. The molecule has 2 atom stereocenters. The van der Waals surface area contributed by atoms with Crippen molar-refractivity contribution in [3.63, 3.8) is 0 Å². The number of nitrogens with one attached hydrogen (secondary N) is 2. The Morgan fingerprint density at radius 2 is 1.93 bits per heavy atom. The molecule has 1 aromatic carbocycles. The van der Waals surface area contributed by atoms with Gasteiger partial charge in [-0.15, -0.1) is 0 Å². The van der Waals surface area contributed by atoms with Crippen molar-refractivity contribution < 1.29 is 18.6 Å². The van der Waals surface area contributed by atoms with Gasteiger partial charge in [0.05, 0.1) is 12.8 Å². The molecule has 28 heavy (non-hydrogen) atoms. The smallest absolute Gasteiger partial charge is 0.348 e. The number of likely N-dealkylation sites (N-methyl/N-ethyl adjacent to an activating group) is 2. The van der Waals surface area contributed by atoms with Crippen LogP contribution < -0.4 is 10.6 Å². The highest BCUT2D eigenvalue weighted by Gasteiger charge is 2.53. The number of imide groups is 1. The average Bonchev–Trinajstić information content (AvgIpc) is 3.36. The standard InChI is InChI=1S/C20H23N5O3/c1-23-17-16(18(26)24(2)20(23)27)25(11-10-14-7-4-3-5-8-14)19(22-17)21-13-15-9-6-12-28-15/h3-9,12,16-17H,10-11,13H2,1-2H3,(H,21,22)/p+1/t16-,17-/m0/s1. The minimum atomic E-state index is -0.476. The summed E-state index contributed by atoms with van der Waals surface area (Å²) < 4.78 is 7.41. The van der Waals surface area contributed by atoms with Crippen LogP contribution >= 0.6 is 0 Å². The summed E-state index contributed by atoms with van der Waals surface area (Å²) in [5.74, 6) is 1.31. The molecule has 0 bridgehead atoms. The number of carbonyl (C=O) groups excluding carboxylic acids is 2. The number of amides is 3. The van der Waals surface area contributed by atoms with Crippen LogP contribution in [0.3, 0.4) is 0 Å². The summed E-state index contributed by atoms with van der Waals surface area (Å²) in [6, 6.07) is 13.1. The molecule has 0 aliphatic carbocycles. The zero-order valence-electron chi connectivity index (χ0n) is 16.0. The van der Waals surface area contributed by atoms with Crippen LogP contribution in [0.5, 0.6) is 0 Å². The molecule has 1 saturated heterocycles. The molecule has 0 radical (unpaired) electrons. The van der Waals surface area contributed by atoms with Gasteiger partial charge in [0.2, 0.25) is 6.04 Å². The fraction of sp³-hybridized carbons (Fsp3) is 0.350. The van der Waals surface area contributed by atoms with Gasteiger partial charge in [-0.3, -0.25) is 25.2 Å². The van der Waals surface area contributed by atoms with Crippen molar-refractivity contribution in [3.05, 3.63) is 60.1 Å². The number of nitrogens with zero attached hydrogens (tertiary/aromatic N) is 3. The lowest BCUT2D eigenvalue weighted by molar-refractivity contribution is -0.551. The van der Waals surface area contributed by atoms with Gasteiger partial charge in [0.15, 0.2) is 6.17 Å². The highest BCUT2D eigenvalue weighted by molar-refractivity contribution is 6.01. The first-order valence-corrected chi connectivity index (χ1v) is 9.31. The SMILES string of the molecule is CN1C(=O)[C@@H]2[C@@H](NC(NCc3ccco3)=[N+]2CCc2ccccc2)N(C)C1=O. The predicted molar refractivity (Wildman–Crippen MR) is 102 cm³/mol. The fourth-order valence-corrected chi connectivity index (χ4v) is 3.72. The van der Waals surface area contributed by atoms with Crippen LogP contribution in [0.1, 0.15) is 11.3 Å². The molecular formula is C20H24N5O3+. The molecule has 2 aliphatic rings. The van der Waals surface area contributed by atoms with Gasteiger partial charge >= 0.3 is 12.0 Å². The van der Waals surface area contributed by atoms with Crippen LogP contribution in [0.25, 0.3) is 0 Å². The summed E-state index contributed by atoms with van der Waals surface area (Å²) in [4.78, 5) is 28.0. The number of benzene rings is 1. The topological polar surface area (TPSA) is 80.8 Å². The van der Waals surface area contributed by atoms with Gasteiger partial charge in [-0.2, -0.15) is 0 Å². The van der Waals surface area contributed by atoms with Crippen LogP contribution in [0, 0.1) is 0 Å². The van der Waals surface area contributed by atoms with Gasteiger partial charge in [-0.05, 0) is 17.7 Å². The Labute approximate surface area is 163 Å². The van der Waals surface area contributed by atoms with Gasteiger partial charge in [-0.1, -0.05) is 30.3 Å². The summed E-state index contributed by atoms with van der Waals surface area (Å²) in [5, 5.41) is 6.65. The second-order valence-electron chi connectivity index (χ2n) is 7.04. The Morgan fingerprint density at radius 1 is 1.14 bits per heavy atom. The van der Waals surface area contributed by atoms with Crippen LogP contribution in [0.4, 0.5) is 4.79 Å². The van der Waals surface area contributed by atoms with Crippen LogP contribution in [0.2, 0.25) is 0 Å². The Hall–Kier alpha value is -3.29. The lowest BCUT2D eigenvalue weighted by Crippen LogP contribution is -2.65. The molecule has 2 aromatic rings. The van der Waals surface area contributed by atoms with Gasteiger partial charge in [0, 0.05) is 20.5 Å². The Morgan fingerprint density at radius 3 is 2.64 bits per heavy atom. The van der Waals surface area contributed by atoms with E-state index in [2.05, 4.69) is 22.8 Å². The number of rotatable bonds is 5. The fourth-order valence-electron chi connectivity index (χ4n) is 3.72. The molecule has 4 rings (SSSR count). The molecule has 1 fully saturated rings. The van der Waals surface area contributed by atoms with Gasteiger partial charge in [0.1, 0.15) is 12.3 Å². The van der Waals surface area contributed by atoms with E-state index >= 15 is 0 Å². The van der Waals surface area contributed by atoms with E-state index in [4.69, 9.17) is 4.42 Å². The highest BCUT2D eigenvalue weighted by atomic mass is 16.3. The highest BCUT2D eigenvalue weighted by Crippen LogP contribution is 2.20. The van der Waals surface area contributed by atoms with E-state index in [-0.39, 0.29) is 11.9 Å². The third kappa shape index (κ3) is 3.21. The molecule has 0 spiro atoms. The molecule has 0 unspecified atom stereocenters. The summed E-state index contributed by atoms with van der Waals surface area (Å²) in [5.41, 5.74) is 1.19. The van der Waals surface area contributed by atoms with E-state index in [0.717, 1.165) is 18.1 Å². The quantitative estimate of drug-likeness (QED) is 0.748. The molecule has 8 heteroatoms. The Balaban J connectivity index is 1.60. The van der Waals surface area contributed by atoms with E-state index < -0.39 is 12.2 Å². The Bertz CT molecular complexity index is 894. The number of urea groups is 1. The van der Waals surface area contributed by atoms with Crippen LogP contribution in [0.15, 0.2) is 53.1 Å². The maximum absolute atomic E-state index is 12.9. The molecular weight excluding hydrogens is 358 g/mol. The number of guanidine groups is 1. The number of furan rings is 1. The number of hydrogen-bond donors (Lipinski definition) is 2. The first-order valence-electron chi connectivity index (χ1n) is 9.31. The van der Waals surface area contributed by atoms with Crippen molar-refractivity contribution in [1.82, 2.24) is 20.4 Å². The molecule has 8 nitrogen and oxygen atoms in total. The van der Waals surface area contributed by atoms with Crippen molar-refractivity contribution in [1.29, 1.82) is 0 Å². The molecule has 0 saturated carbocycles. The van der Waals surface area contributed by atoms with Crippen molar-refractivity contribution in [3.8, 4) is 0 Å². The van der Waals surface area contributed by atoms with E-state index in [1.165, 1.54) is 17.5 Å². The summed E-state index contributed by atoms with van der Waals surface area (Å²) >= 11 is 0. The average molecular weight is 382 g/mol. The summed E-state index contributed by atoms with van der Waals surface area (Å²) in [6.07, 6.45) is 2.00. The maximum atomic E-state index is 12.9. The van der Waals surface area contributed by atoms with E-state index in [0.29, 0.717) is 13.1 Å². The van der Waals surface area contributed by atoms with Gasteiger partial charge in [0.25, 0.3) is 5.91 Å². The van der Waals surface area contributed by atoms with Crippen LogP contribution in [-0.4, -0.2) is 65.1 Å². The van der Waals surface area contributed by atoms with E-state index in [9.17, 15) is 9.59 Å². The third-order valence-corrected chi connectivity index (χ3v) is 5.29. The summed E-state index contributed by atoms with van der Waals surface area (Å²) in [6.45, 7) is 1.12. The van der Waals surface area contributed by atoms with Crippen molar-refractivity contribution in [2.24, 2.45) is 0 Å². The number of fused-ring (bicyclic) bond motifs is 1. The minimum absolute atomic E-state index is 0.205. The zero-order chi connectivity index (χ0) is 19.7. The van der Waals surface area contributed by atoms with E-state index in [1.807, 2.05) is 34.9 Å². The Kier molecular flexibility index (Phi) is 4.77. The maximum Gasteiger partial charge on any atom is 0.348 e. The van der Waals surface area contributed by atoms with E-state index in [1.54, 1.807) is 18.2 Å². The molecule has 2 aliphatic heterocycles. The summed E-state index contributed by atoms with van der Waals surface area (Å²) in [7, 11) is 3.24. The molecule has 146 valence electrons. The third-order valence-electron chi connectivity index (χ3n) is 5.29. The lowest BCUT2D eigenvalue weighted by atomic mass is 10.1. The number of hydrogen-bond acceptors (Lipinski definition) is 5. The monoisotopic (exact) mass is 382 g/mol. The first-order chi connectivity index (χ1) is 13.6. The molecule has 1 aromatic heterocycles. The normalized spacial score (nSPS) is 21.8. The largest absolute Gasteiger partial charge is 0.466 e. The molecule has 3 heterocycles. The first kappa shape index (κ1) is 18.1. The second kappa shape index (κ2) is 7.38. The molecule has 3 amide bonds. The van der Waals surface area contributed by atoms with Gasteiger partial charge in [-0.25, -0.2) is 9.37 Å². The number of carbonyl (C=O) groups is 2. The second-order valence-corrected chi connectivity index (χ2v) is 7.04. The van der Waals surface area contributed by atoms with Crippen molar-refractivity contribution in [2.75, 3.05) is 20.6 Å². The van der Waals surface area contributed by atoms with Crippen LogP contribution in [-0.2, 0) is 17.8 Å². The van der Waals surface area contributed by atoms with Gasteiger partial charge < -0.3 is 4.42 Å². The minimum Gasteiger partial charge on any atom is -0.466 e. The van der Waals surface area contributed by atoms with Crippen molar-refractivity contribution >= 4 is 17.9 Å². The van der Waals surface area contributed by atoms with Crippen molar-refractivity contribution in [2.45, 2.75) is 25.2 Å². The predicted octanol–water partition coefficient (Wildman–Crippen LogP) is 0.802. The lowest BCUT2D eigenvalue weighted by Gasteiger charge is -2.36. The molecule has 2 N–H and O–H groups in total.